The first kappa shape index (κ1) is 23.3. The first-order chi connectivity index (χ1) is 15.7. The van der Waals surface area contributed by atoms with Crippen LogP contribution in [0.4, 0.5) is 0 Å². The fourth-order valence-electron chi connectivity index (χ4n) is 7.10. The molecule has 0 aromatic heterocycles. The molecule has 1 aromatic rings. The first-order valence-electron chi connectivity index (χ1n) is 13.4. The third-order valence-corrected chi connectivity index (χ3v) is 9.02. The van der Waals surface area contributed by atoms with Gasteiger partial charge in [0, 0.05) is 0 Å². The summed E-state index contributed by atoms with van der Waals surface area (Å²) in [4.78, 5) is 12.6. The van der Waals surface area contributed by atoms with Crippen LogP contribution in [0.5, 0.6) is 5.75 Å². The smallest absolute Gasteiger partial charge is 0.314 e. The molecule has 1 aromatic carbocycles. The molecule has 3 nitrogen and oxygen atoms in total. The SMILES string of the molecule is CCC[C@H]1CC[C@H]([C@H]2CC[C@H]([C@H]3CC[C@H](C(=O)Oc4cccc(C#N)c4)CC3)CC2)CC1. The summed E-state index contributed by atoms with van der Waals surface area (Å²) in [6, 6.07) is 9.02. The molecule has 0 bridgehead atoms. The number of nitrogens with zero attached hydrogens (tertiary/aromatic N) is 1. The largest absolute Gasteiger partial charge is 0.426 e. The summed E-state index contributed by atoms with van der Waals surface area (Å²) in [5, 5.41) is 9.03. The molecule has 3 aliphatic rings. The van der Waals surface area contributed by atoms with Gasteiger partial charge < -0.3 is 4.74 Å². The zero-order chi connectivity index (χ0) is 22.3. The zero-order valence-corrected chi connectivity index (χ0v) is 19.9. The molecule has 3 saturated carbocycles. The summed E-state index contributed by atoms with van der Waals surface area (Å²) in [6.07, 6.45) is 18.8. The molecule has 174 valence electrons. The second-order valence-electron chi connectivity index (χ2n) is 10.9. The van der Waals surface area contributed by atoms with Crippen LogP contribution in [0.25, 0.3) is 0 Å². The Hall–Kier alpha value is -1.82. The Bertz CT molecular complexity index is 773. The number of carbonyl (C=O) groups excluding carboxylic acids is 1. The van der Waals surface area contributed by atoms with E-state index in [1.807, 2.05) is 0 Å². The van der Waals surface area contributed by atoms with Crippen molar-refractivity contribution in [1.29, 1.82) is 5.26 Å². The molecule has 3 fully saturated rings. The highest BCUT2D eigenvalue weighted by atomic mass is 16.5. The quantitative estimate of drug-likeness (QED) is 0.340. The molecule has 0 radical (unpaired) electrons. The molecule has 0 spiro atoms. The molecule has 3 heteroatoms. The van der Waals surface area contributed by atoms with Gasteiger partial charge in [0.25, 0.3) is 0 Å². The Balaban J connectivity index is 1.18. The predicted octanol–water partition coefficient (Wildman–Crippen LogP) is 7.68. The van der Waals surface area contributed by atoms with Gasteiger partial charge in [-0.2, -0.15) is 5.26 Å². The Morgan fingerprint density at radius 3 is 1.94 bits per heavy atom. The molecular weight excluding hydrogens is 394 g/mol. The predicted molar refractivity (Wildman–Crippen MR) is 128 cm³/mol. The van der Waals surface area contributed by atoms with E-state index in [0.717, 1.165) is 42.4 Å². The van der Waals surface area contributed by atoms with Gasteiger partial charge in [0.2, 0.25) is 0 Å². The van der Waals surface area contributed by atoms with Gasteiger partial charge >= 0.3 is 5.97 Å². The number of rotatable bonds is 6. The average Bonchev–Trinajstić information content (AvgIpc) is 2.85. The van der Waals surface area contributed by atoms with Crippen molar-refractivity contribution in [2.24, 2.45) is 35.5 Å². The molecule has 3 aliphatic carbocycles. The average molecular weight is 436 g/mol. The van der Waals surface area contributed by atoms with Crippen molar-refractivity contribution < 1.29 is 9.53 Å². The number of esters is 1. The highest BCUT2D eigenvalue weighted by molar-refractivity contribution is 5.75. The van der Waals surface area contributed by atoms with Crippen LogP contribution in [0, 0.1) is 46.8 Å². The highest BCUT2D eigenvalue weighted by Crippen LogP contribution is 2.46. The maximum Gasteiger partial charge on any atom is 0.314 e. The number of ether oxygens (including phenoxy) is 1. The minimum Gasteiger partial charge on any atom is -0.426 e. The molecule has 32 heavy (non-hydrogen) atoms. The van der Waals surface area contributed by atoms with E-state index >= 15 is 0 Å². The van der Waals surface area contributed by atoms with E-state index in [1.54, 1.807) is 24.3 Å². The zero-order valence-electron chi connectivity index (χ0n) is 19.9. The van der Waals surface area contributed by atoms with Crippen LogP contribution in [-0.2, 0) is 4.79 Å². The Morgan fingerprint density at radius 2 is 1.41 bits per heavy atom. The second-order valence-corrected chi connectivity index (χ2v) is 10.9. The van der Waals surface area contributed by atoms with E-state index in [-0.39, 0.29) is 11.9 Å². The third kappa shape index (κ3) is 5.94. The lowest BCUT2D eigenvalue weighted by Crippen LogP contribution is -2.31. The molecule has 0 N–H and O–H groups in total. The number of carbonyl (C=O) groups is 1. The van der Waals surface area contributed by atoms with E-state index in [0.29, 0.717) is 11.3 Å². The Kier molecular flexibility index (Phi) is 8.28. The maximum atomic E-state index is 12.6. The minimum absolute atomic E-state index is 0.0200. The second kappa shape index (κ2) is 11.4. The van der Waals surface area contributed by atoms with Crippen molar-refractivity contribution in [3.05, 3.63) is 29.8 Å². The van der Waals surface area contributed by atoms with E-state index in [4.69, 9.17) is 10.00 Å². The number of hydrogen-bond acceptors (Lipinski definition) is 3. The Morgan fingerprint density at radius 1 is 0.875 bits per heavy atom. The Labute approximate surface area is 194 Å². The van der Waals surface area contributed by atoms with Gasteiger partial charge in [-0.3, -0.25) is 4.79 Å². The summed E-state index contributed by atoms with van der Waals surface area (Å²) in [5.41, 5.74) is 0.531. The van der Waals surface area contributed by atoms with Gasteiger partial charge in [-0.1, -0.05) is 38.7 Å². The lowest BCUT2D eigenvalue weighted by Gasteiger charge is -2.41. The van der Waals surface area contributed by atoms with Crippen molar-refractivity contribution in [3.8, 4) is 11.8 Å². The van der Waals surface area contributed by atoms with Crippen molar-refractivity contribution in [2.45, 2.75) is 96.8 Å². The normalized spacial score (nSPS) is 33.2. The van der Waals surface area contributed by atoms with Crippen LogP contribution in [0.3, 0.4) is 0 Å². The van der Waals surface area contributed by atoms with Gasteiger partial charge in [-0.25, -0.2) is 0 Å². The van der Waals surface area contributed by atoms with Gasteiger partial charge in [0.1, 0.15) is 5.75 Å². The third-order valence-electron chi connectivity index (χ3n) is 9.02. The summed E-state index contributed by atoms with van der Waals surface area (Å²) in [5.74, 6) is 5.11. The van der Waals surface area contributed by atoms with Crippen molar-refractivity contribution in [3.63, 3.8) is 0 Å². The standard InChI is InChI=1S/C29H41NO2/c1-2-4-21-7-9-23(10-8-21)24-11-13-25(14-12-24)26-15-17-27(18-16-26)29(31)32-28-6-3-5-22(19-28)20-30/h3,5-6,19,21,23-27H,2,4,7-18H2,1H3/t21-,23-,24-,25-,26-,27-. The van der Waals surface area contributed by atoms with Crippen LogP contribution in [-0.4, -0.2) is 5.97 Å². The molecular formula is C29H41NO2. The topological polar surface area (TPSA) is 50.1 Å². The molecule has 0 aliphatic heterocycles. The number of benzene rings is 1. The van der Waals surface area contributed by atoms with Gasteiger partial charge in [-0.05, 0) is 112 Å². The van der Waals surface area contributed by atoms with Crippen molar-refractivity contribution >= 4 is 5.97 Å². The summed E-state index contributed by atoms with van der Waals surface area (Å²) < 4.78 is 5.59. The molecule has 0 saturated heterocycles. The fourth-order valence-corrected chi connectivity index (χ4v) is 7.10. The lowest BCUT2D eigenvalue weighted by atomic mass is 9.65. The molecule has 0 amide bonds. The summed E-state index contributed by atoms with van der Waals surface area (Å²) in [6.45, 7) is 2.33. The van der Waals surface area contributed by atoms with Crippen LogP contribution in [0.2, 0.25) is 0 Å². The monoisotopic (exact) mass is 435 g/mol. The van der Waals surface area contributed by atoms with Crippen LogP contribution >= 0.6 is 0 Å². The number of nitriles is 1. The first-order valence-corrected chi connectivity index (χ1v) is 13.4. The van der Waals surface area contributed by atoms with Crippen molar-refractivity contribution in [2.75, 3.05) is 0 Å². The van der Waals surface area contributed by atoms with Crippen LogP contribution in [0.1, 0.15) is 102 Å². The van der Waals surface area contributed by atoms with E-state index in [1.165, 1.54) is 77.0 Å². The van der Waals surface area contributed by atoms with E-state index < -0.39 is 0 Å². The molecule has 0 atom stereocenters. The fraction of sp³-hybridized carbons (Fsp3) is 0.724. The van der Waals surface area contributed by atoms with Gasteiger partial charge in [-0.15, -0.1) is 0 Å². The number of hydrogen-bond donors (Lipinski definition) is 0. The van der Waals surface area contributed by atoms with E-state index in [9.17, 15) is 4.79 Å². The van der Waals surface area contributed by atoms with Gasteiger partial charge in [0.05, 0.1) is 17.6 Å². The summed E-state index contributed by atoms with van der Waals surface area (Å²) >= 11 is 0. The van der Waals surface area contributed by atoms with E-state index in [2.05, 4.69) is 13.0 Å². The molecule has 0 heterocycles. The van der Waals surface area contributed by atoms with Crippen LogP contribution in [0.15, 0.2) is 24.3 Å². The molecule has 4 rings (SSSR count). The summed E-state index contributed by atoms with van der Waals surface area (Å²) in [7, 11) is 0. The van der Waals surface area contributed by atoms with Gasteiger partial charge in [0.15, 0.2) is 0 Å². The highest BCUT2D eigenvalue weighted by Gasteiger charge is 2.36. The lowest BCUT2D eigenvalue weighted by molar-refractivity contribution is -0.140. The molecule has 0 unspecified atom stereocenters. The maximum absolute atomic E-state index is 12.6. The van der Waals surface area contributed by atoms with Crippen LogP contribution < -0.4 is 4.74 Å². The minimum atomic E-state index is -0.110. The van der Waals surface area contributed by atoms with Crippen molar-refractivity contribution in [1.82, 2.24) is 0 Å².